The van der Waals surface area contributed by atoms with Gasteiger partial charge in [0.2, 0.25) is 0 Å². The Labute approximate surface area is 125 Å². The Bertz CT molecular complexity index is 234. The molecule has 0 aliphatic rings. The normalized spacial score (nSPS) is 11.2. The lowest BCUT2D eigenvalue weighted by Crippen LogP contribution is -1.93. The summed E-state index contributed by atoms with van der Waals surface area (Å²) < 4.78 is 0. The SMILES string of the molecule is [13CH3]CCCCCCC/C=C\CCCCCCCC(=O)O. The third kappa shape index (κ3) is 17.2. The summed E-state index contributed by atoms with van der Waals surface area (Å²) in [6.07, 6.45) is 21.2. The van der Waals surface area contributed by atoms with Gasteiger partial charge in [-0.25, -0.2) is 0 Å². The maximum Gasteiger partial charge on any atom is 0.303 e. The fraction of sp³-hybridized carbons (Fsp3) is 0.833. The van der Waals surface area contributed by atoms with Crippen molar-refractivity contribution in [3.8, 4) is 0 Å². The van der Waals surface area contributed by atoms with Gasteiger partial charge in [0.05, 0.1) is 0 Å². The van der Waals surface area contributed by atoms with Crippen molar-refractivity contribution in [1.29, 1.82) is 0 Å². The molecule has 0 heterocycles. The molecule has 0 aliphatic heterocycles. The number of aliphatic carboxylic acids is 1. The van der Waals surface area contributed by atoms with E-state index in [4.69, 9.17) is 5.11 Å². The molecule has 0 fully saturated rings. The van der Waals surface area contributed by atoms with Gasteiger partial charge in [-0.1, -0.05) is 70.4 Å². The molecule has 0 rings (SSSR count). The van der Waals surface area contributed by atoms with Crippen LogP contribution in [0.3, 0.4) is 0 Å². The summed E-state index contributed by atoms with van der Waals surface area (Å²) in [5.74, 6) is -0.664. The maximum atomic E-state index is 10.3. The minimum absolute atomic E-state index is 0.332. The van der Waals surface area contributed by atoms with E-state index < -0.39 is 5.97 Å². The molecule has 0 aliphatic carbocycles. The standard InChI is InChI=1S/C18H34O2/c1-2-3-4-5-6-7-8-9-10-11-12-13-14-15-16-17-18(19)20/h9-10H,2-8,11-17H2,1H3,(H,19,20)/b10-9-/i1+1. The van der Waals surface area contributed by atoms with E-state index in [-0.39, 0.29) is 0 Å². The van der Waals surface area contributed by atoms with E-state index >= 15 is 0 Å². The van der Waals surface area contributed by atoms with Gasteiger partial charge in [0.15, 0.2) is 0 Å². The van der Waals surface area contributed by atoms with Crippen LogP contribution in [0, 0.1) is 0 Å². The molecule has 0 saturated heterocycles. The van der Waals surface area contributed by atoms with Gasteiger partial charge in [0.1, 0.15) is 0 Å². The van der Waals surface area contributed by atoms with Crippen molar-refractivity contribution in [1.82, 2.24) is 0 Å². The molecule has 0 unspecified atom stereocenters. The van der Waals surface area contributed by atoms with E-state index in [0.717, 1.165) is 12.8 Å². The first-order valence-corrected chi connectivity index (χ1v) is 8.64. The monoisotopic (exact) mass is 283 g/mol. The van der Waals surface area contributed by atoms with Gasteiger partial charge in [-0.15, -0.1) is 0 Å². The van der Waals surface area contributed by atoms with Crippen LogP contribution in [0.15, 0.2) is 12.2 Å². The Balaban J connectivity index is 3.07. The lowest BCUT2D eigenvalue weighted by atomic mass is 10.1. The summed E-state index contributed by atoms with van der Waals surface area (Å²) in [6.45, 7) is 2.26. The third-order valence-electron chi connectivity index (χ3n) is 3.65. The van der Waals surface area contributed by atoms with E-state index in [9.17, 15) is 4.79 Å². The molecule has 0 spiro atoms. The first-order chi connectivity index (χ1) is 9.77. The van der Waals surface area contributed by atoms with Crippen LogP contribution in [-0.4, -0.2) is 11.1 Å². The van der Waals surface area contributed by atoms with Crippen LogP contribution in [0.25, 0.3) is 0 Å². The Kier molecular flexibility index (Phi) is 15.6. The number of allylic oxidation sites excluding steroid dienone is 2. The van der Waals surface area contributed by atoms with Gasteiger partial charge >= 0.3 is 5.97 Å². The Morgan fingerprint density at radius 1 is 0.750 bits per heavy atom. The van der Waals surface area contributed by atoms with Gasteiger partial charge in [-0.05, 0) is 32.1 Å². The highest BCUT2D eigenvalue weighted by atomic mass is 16.4. The van der Waals surface area contributed by atoms with Crippen LogP contribution in [0.2, 0.25) is 0 Å². The molecule has 0 aromatic rings. The minimum atomic E-state index is -0.664. The lowest BCUT2D eigenvalue weighted by molar-refractivity contribution is -0.137. The van der Waals surface area contributed by atoms with Gasteiger partial charge in [0.25, 0.3) is 0 Å². The fourth-order valence-corrected chi connectivity index (χ4v) is 2.35. The van der Waals surface area contributed by atoms with Crippen molar-refractivity contribution >= 4 is 5.97 Å². The molecule has 20 heavy (non-hydrogen) atoms. The molecule has 1 N–H and O–H groups in total. The molecule has 0 aromatic heterocycles. The quantitative estimate of drug-likeness (QED) is 0.224. The van der Waals surface area contributed by atoms with E-state index in [1.54, 1.807) is 0 Å². The van der Waals surface area contributed by atoms with Crippen LogP contribution in [0.5, 0.6) is 0 Å². The van der Waals surface area contributed by atoms with E-state index in [1.807, 2.05) is 0 Å². The molecule has 0 saturated carbocycles. The summed E-state index contributed by atoms with van der Waals surface area (Å²) in [4.78, 5) is 10.3. The van der Waals surface area contributed by atoms with Crippen LogP contribution < -0.4 is 0 Å². The highest BCUT2D eigenvalue weighted by molar-refractivity contribution is 5.66. The van der Waals surface area contributed by atoms with Crippen molar-refractivity contribution < 1.29 is 9.90 Å². The minimum Gasteiger partial charge on any atom is -0.481 e. The second-order valence-electron chi connectivity index (χ2n) is 5.73. The lowest BCUT2D eigenvalue weighted by Gasteiger charge is -1.99. The number of hydrogen-bond acceptors (Lipinski definition) is 1. The van der Waals surface area contributed by atoms with E-state index in [2.05, 4.69) is 19.1 Å². The second-order valence-corrected chi connectivity index (χ2v) is 5.73. The molecule has 2 nitrogen and oxygen atoms in total. The summed E-state index contributed by atoms with van der Waals surface area (Å²) in [7, 11) is 0. The third-order valence-corrected chi connectivity index (χ3v) is 3.65. The molecule has 0 aromatic carbocycles. The largest absolute Gasteiger partial charge is 0.481 e. The highest BCUT2D eigenvalue weighted by Gasteiger charge is 1.95. The average molecular weight is 283 g/mol. The molecule has 2 heteroatoms. The van der Waals surface area contributed by atoms with Crippen molar-refractivity contribution in [2.24, 2.45) is 0 Å². The number of rotatable bonds is 15. The number of carboxylic acids is 1. The van der Waals surface area contributed by atoms with Crippen molar-refractivity contribution in [3.05, 3.63) is 12.2 Å². The number of unbranched alkanes of at least 4 members (excludes halogenated alkanes) is 11. The predicted octanol–water partition coefficient (Wildman–Crippen LogP) is 6.11. The number of hydrogen-bond donors (Lipinski definition) is 1. The predicted molar refractivity (Wildman–Crippen MR) is 87.1 cm³/mol. The highest BCUT2D eigenvalue weighted by Crippen LogP contribution is 2.09. The van der Waals surface area contributed by atoms with Crippen molar-refractivity contribution in [2.45, 2.75) is 96.8 Å². The molecule has 0 atom stereocenters. The molecular formula is C18H34O2. The van der Waals surface area contributed by atoms with Crippen molar-refractivity contribution in [2.75, 3.05) is 0 Å². The maximum absolute atomic E-state index is 10.3. The molecule has 0 bridgehead atoms. The Morgan fingerprint density at radius 2 is 1.20 bits per heavy atom. The van der Waals surface area contributed by atoms with E-state index in [1.165, 1.54) is 70.6 Å². The average Bonchev–Trinajstić information content (AvgIpc) is 2.43. The molecule has 118 valence electrons. The molecular weight excluding hydrogens is 249 g/mol. The fourth-order valence-electron chi connectivity index (χ4n) is 2.35. The van der Waals surface area contributed by atoms with Crippen LogP contribution in [-0.2, 0) is 4.79 Å². The first-order valence-electron chi connectivity index (χ1n) is 8.64. The summed E-state index contributed by atoms with van der Waals surface area (Å²) >= 11 is 0. The zero-order valence-corrected chi connectivity index (χ0v) is 13.4. The van der Waals surface area contributed by atoms with Gasteiger partial charge in [-0.3, -0.25) is 4.79 Å². The zero-order valence-electron chi connectivity index (χ0n) is 13.4. The second kappa shape index (κ2) is 16.3. The Hall–Kier alpha value is -0.790. The molecule has 0 amide bonds. The Morgan fingerprint density at radius 3 is 1.70 bits per heavy atom. The number of carbonyl (C=O) groups is 1. The van der Waals surface area contributed by atoms with Gasteiger partial charge in [0, 0.05) is 6.42 Å². The van der Waals surface area contributed by atoms with Crippen LogP contribution in [0.1, 0.15) is 96.8 Å². The summed E-state index contributed by atoms with van der Waals surface area (Å²) in [5.41, 5.74) is 0. The summed E-state index contributed by atoms with van der Waals surface area (Å²) in [6, 6.07) is 0. The van der Waals surface area contributed by atoms with Gasteiger partial charge < -0.3 is 5.11 Å². The molecule has 0 radical (unpaired) electrons. The van der Waals surface area contributed by atoms with Gasteiger partial charge in [-0.2, -0.15) is 0 Å². The number of carboxylic acid groups (broad SMARTS) is 1. The van der Waals surface area contributed by atoms with Crippen LogP contribution in [0.4, 0.5) is 0 Å². The zero-order chi connectivity index (χ0) is 14.9. The first kappa shape index (κ1) is 19.2. The van der Waals surface area contributed by atoms with Crippen LogP contribution >= 0.6 is 0 Å². The smallest absolute Gasteiger partial charge is 0.303 e. The topological polar surface area (TPSA) is 37.3 Å². The van der Waals surface area contributed by atoms with E-state index in [0.29, 0.717) is 6.42 Å². The summed E-state index contributed by atoms with van der Waals surface area (Å²) in [5, 5.41) is 8.51. The van der Waals surface area contributed by atoms with Crippen molar-refractivity contribution in [3.63, 3.8) is 0 Å².